The molecule has 0 aromatic rings. The Balaban J connectivity index is 2.80. The van der Waals surface area contributed by atoms with E-state index in [1.54, 1.807) is 5.57 Å². The smallest absolute Gasteiger partial charge is 0.00647 e. The van der Waals surface area contributed by atoms with Crippen LogP contribution in [-0.4, -0.2) is 0 Å². The van der Waals surface area contributed by atoms with Crippen LogP contribution in [0, 0.1) is 0 Å². The normalized spacial score (nSPS) is 24.1. The maximum Gasteiger partial charge on any atom is -0.00647 e. The number of allylic oxidation sites excluding steroid dienone is 4. The van der Waals surface area contributed by atoms with Gasteiger partial charge in [0, 0.05) is 0 Å². The molecule has 0 amide bonds. The van der Waals surface area contributed by atoms with Crippen LogP contribution in [0.2, 0.25) is 0 Å². The number of hydrogen-bond donors (Lipinski definition) is 0. The molecule has 0 heteroatoms. The van der Waals surface area contributed by atoms with E-state index in [1.807, 2.05) is 0 Å². The van der Waals surface area contributed by atoms with Crippen LogP contribution in [0.5, 0.6) is 0 Å². The van der Waals surface area contributed by atoms with Gasteiger partial charge in [0.05, 0.1) is 0 Å². The van der Waals surface area contributed by atoms with Crippen LogP contribution in [0.15, 0.2) is 22.8 Å². The van der Waals surface area contributed by atoms with Gasteiger partial charge in [-0.2, -0.15) is 0 Å². The Morgan fingerprint density at radius 2 is 2.00 bits per heavy atom. The van der Waals surface area contributed by atoms with Crippen molar-refractivity contribution in [3.05, 3.63) is 22.8 Å². The Morgan fingerprint density at radius 1 is 1.38 bits per heavy atom. The van der Waals surface area contributed by atoms with Crippen molar-refractivity contribution in [2.75, 3.05) is 0 Å². The third-order valence-electron chi connectivity index (χ3n) is 1.93. The van der Waals surface area contributed by atoms with Crippen molar-refractivity contribution in [1.82, 2.24) is 0 Å². The van der Waals surface area contributed by atoms with Crippen molar-refractivity contribution in [3.8, 4) is 0 Å². The summed E-state index contributed by atoms with van der Waals surface area (Å²) in [6.45, 7) is 6.49. The highest BCUT2D eigenvalue weighted by molar-refractivity contribution is 5.45. The molecule has 0 fully saturated rings. The van der Waals surface area contributed by atoms with E-state index in [9.17, 15) is 0 Å². The van der Waals surface area contributed by atoms with Crippen LogP contribution in [0.25, 0.3) is 0 Å². The van der Waals surface area contributed by atoms with E-state index >= 15 is 0 Å². The van der Waals surface area contributed by atoms with Gasteiger partial charge in [0.15, 0.2) is 0 Å². The molecule has 0 N–H and O–H groups in total. The van der Waals surface area contributed by atoms with Crippen LogP contribution >= 0.6 is 0 Å². The third-order valence-corrected chi connectivity index (χ3v) is 1.93. The van der Waals surface area contributed by atoms with Crippen molar-refractivity contribution in [2.45, 2.75) is 27.2 Å². The van der Waals surface area contributed by atoms with Crippen LogP contribution in [0.3, 0.4) is 0 Å². The van der Waals surface area contributed by atoms with Crippen LogP contribution < -0.4 is 0 Å². The molecule has 1 aliphatic rings. The first-order valence-electron chi connectivity index (χ1n) is 3.07. The summed E-state index contributed by atoms with van der Waals surface area (Å²) < 4.78 is 0. The lowest BCUT2D eigenvalue weighted by molar-refractivity contribution is 0.974. The minimum absolute atomic E-state index is 1.22. The van der Waals surface area contributed by atoms with Gasteiger partial charge in [0.25, 0.3) is 0 Å². The van der Waals surface area contributed by atoms with Gasteiger partial charge in [0.2, 0.25) is 0 Å². The summed E-state index contributed by atoms with van der Waals surface area (Å²) in [5, 5.41) is 0. The van der Waals surface area contributed by atoms with Gasteiger partial charge < -0.3 is 0 Å². The molecular formula is C8H12. The molecule has 0 saturated heterocycles. The van der Waals surface area contributed by atoms with E-state index in [-0.39, 0.29) is 0 Å². The quantitative estimate of drug-likeness (QED) is 0.447. The highest BCUT2D eigenvalue weighted by Gasteiger charge is 2.12. The number of hydrogen-bond acceptors (Lipinski definition) is 0. The minimum Gasteiger partial charge on any atom is -0.0839 e. The molecule has 0 spiro atoms. The fourth-order valence-electron chi connectivity index (χ4n) is 1.04. The first-order valence-corrected chi connectivity index (χ1v) is 3.07. The maximum atomic E-state index is 2.20. The van der Waals surface area contributed by atoms with Gasteiger partial charge in [-0.05, 0) is 38.3 Å². The van der Waals surface area contributed by atoms with Gasteiger partial charge in [-0.1, -0.05) is 11.6 Å². The SMILES string of the molecule is C/C=C1\CC(C)=C1C. The summed E-state index contributed by atoms with van der Waals surface area (Å²) in [6.07, 6.45) is 3.42. The maximum absolute atomic E-state index is 2.20. The summed E-state index contributed by atoms with van der Waals surface area (Å²) in [4.78, 5) is 0. The number of rotatable bonds is 0. The molecule has 0 unspecified atom stereocenters. The average molecular weight is 108 g/mol. The van der Waals surface area contributed by atoms with Gasteiger partial charge in [-0.3, -0.25) is 0 Å². The van der Waals surface area contributed by atoms with Crippen LogP contribution in [-0.2, 0) is 0 Å². The van der Waals surface area contributed by atoms with E-state index in [1.165, 1.54) is 17.6 Å². The van der Waals surface area contributed by atoms with Crippen molar-refractivity contribution in [3.63, 3.8) is 0 Å². The Bertz CT molecular complexity index is 159. The lowest BCUT2D eigenvalue weighted by Gasteiger charge is -2.21. The predicted molar refractivity (Wildman–Crippen MR) is 36.7 cm³/mol. The highest BCUT2D eigenvalue weighted by Crippen LogP contribution is 2.32. The highest BCUT2D eigenvalue weighted by atomic mass is 14.2. The topological polar surface area (TPSA) is 0 Å². The monoisotopic (exact) mass is 108 g/mol. The molecule has 0 bridgehead atoms. The van der Waals surface area contributed by atoms with Crippen molar-refractivity contribution < 1.29 is 0 Å². The van der Waals surface area contributed by atoms with E-state index in [0.717, 1.165) is 0 Å². The van der Waals surface area contributed by atoms with Crippen LogP contribution in [0.1, 0.15) is 27.2 Å². The molecule has 0 atom stereocenters. The second kappa shape index (κ2) is 1.77. The Morgan fingerprint density at radius 3 is 2.12 bits per heavy atom. The zero-order valence-electron chi connectivity index (χ0n) is 5.78. The third kappa shape index (κ3) is 0.605. The standard InChI is InChI=1S/C8H12/c1-4-8-5-6(2)7(8)3/h4H,5H2,1-3H3/b8-4+. The summed E-state index contributed by atoms with van der Waals surface area (Å²) in [6, 6.07) is 0. The Hall–Kier alpha value is -0.520. The summed E-state index contributed by atoms with van der Waals surface area (Å²) in [5.74, 6) is 0. The van der Waals surface area contributed by atoms with Crippen LogP contribution in [0.4, 0.5) is 0 Å². The fraction of sp³-hybridized carbons (Fsp3) is 0.500. The molecule has 0 nitrogen and oxygen atoms in total. The van der Waals surface area contributed by atoms with E-state index < -0.39 is 0 Å². The second-order valence-electron chi connectivity index (χ2n) is 2.40. The zero-order valence-corrected chi connectivity index (χ0v) is 5.78. The molecule has 1 rings (SSSR count). The van der Waals surface area contributed by atoms with Crippen molar-refractivity contribution in [1.29, 1.82) is 0 Å². The fourth-order valence-corrected chi connectivity index (χ4v) is 1.04. The average Bonchev–Trinajstić information content (AvgIpc) is 1.81. The predicted octanol–water partition coefficient (Wildman–Crippen LogP) is 2.67. The first kappa shape index (κ1) is 5.61. The molecule has 0 aromatic heterocycles. The molecule has 44 valence electrons. The summed E-state index contributed by atoms with van der Waals surface area (Å²) in [5.41, 5.74) is 4.59. The summed E-state index contributed by atoms with van der Waals surface area (Å²) >= 11 is 0. The molecular weight excluding hydrogens is 96.1 g/mol. The van der Waals surface area contributed by atoms with E-state index in [4.69, 9.17) is 0 Å². The van der Waals surface area contributed by atoms with E-state index in [2.05, 4.69) is 26.8 Å². The van der Waals surface area contributed by atoms with E-state index in [0.29, 0.717) is 0 Å². The van der Waals surface area contributed by atoms with Crippen molar-refractivity contribution >= 4 is 0 Å². The molecule has 0 aliphatic heterocycles. The largest absolute Gasteiger partial charge is 0.0839 e. The Labute approximate surface area is 50.9 Å². The summed E-state index contributed by atoms with van der Waals surface area (Å²) in [7, 11) is 0. The first-order chi connectivity index (χ1) is 3.75. The van der Waals surface area contributed by atoms with Gasteiger partial charge in [-0.25, -0.2) is 0 Å². The van der Waals surface area contributed by atoms with Gasteiger partial charge in [0.1, 0.15) is 0 Å². The molecule has 0 heterocycles. The molecule has 1 aliphatic carbocycles. The minimum atomic E-state index is 1.22. The molecule has 0 radical (unpaired) electrons. The van der Waals surface area contributed by atoms with Crippen molar-refractivity contribution in [2.24, 2.45) is 0 Å². The van der Waals surface area contributed by atoms with Gasteiger partial charge >= 0.3 is 0 Å². The second-order valence-corrected chi connectivity index (χ2v) is 2.40. The lowest BCUT2D eigenvalue weighted by Crippen LogP contribution is -2.01. The molecule has 8 heavy (non-hydrogen) atoms. The zero-order chi connectivity index (χ0) is 6.15. The molecule has 0 aromatic carbocycles. The lowest BCUT2D eigenvalue weighted by atomic mass is 9.85. The van der Waals surface area contributed by atoms with Gasteiger partial charge in [-0.15, -0.1) is 0 Å². The Kier molecular flexibility index (Phi) is 1.24. The molecule has 0 saturated carbocycles.